The van der Waals surface area contributed by atoms with Gasteiger partial charge >= 0.3 is 0 Å². The molecular weight excluding hydrogens is 300 g/mol. The third-order valence-electron chi connectivity index (χ3n) is 2.65. The molecule has 6 nitrogen and oxygen atoms in total. The van der Waals surface area contributed by atoms with Crippen molar-refractivity contribution in [1.82, 2.24) is 4.31 Å². The molecule has 0 heterocycles. The van der Waals surface area contributed by atoms with Gasteiger partial charge in [0.15, 0.2) is 0 Å². The highest BCUT2D eigenvalue weighted by Crippen LogP contribution is 2.12. The number of thiocarbonyl (C=S) groups is 1. The molecule has 112 valence electrons. The summed E-state index contributed by atoms with van der Waals surface area (Å²) in [4.78, 5) is 0.201. The molecule has 4 N–H and O–H groups in total. The van der Waals surface area contributed by atoms with Crippen molar-refractivity contribution in [1.29, 1.82) is 0 Å². The van der Waals surface area contributed by atoms with Crippen molar-refractivity contribution < 1.29 is 18.6 Å². The van der Waals surface area contributed by atoms with E-state index in [9.17, 15) is 8.42 Å². The first-order chi connectivity index (χ1) is 9.40. The first kappa shape index (κ1) is 17.0. The standard InChI is InChI=1S/C12H18N2O4S2/c13-12(19)11-3-1-2-10(8-11)9-20(17,18)14(4-6-15)5-7-16/h1-3,8,15-16H,4-7,9H2,(H2,13,19). The third-order valence-corrected chi connectivity index (χ3v) is 4.74. The number of hydrogen-bond acceptors (Lipinski definition) is 5. The van der Waals surface area contributed by atoms with Crippen LogP contribution in [-0.2, 0) is 15.8 Å². The number of aliphatic hydroxyl groups excluding tert-OH is 2. The highest BCUT2D eigenvalue weighted by atomic mass is 32.2. The predicted octanol–water partition coefficient (Wildman–Crippen LogP) is -0.563. The molecule has 0 aliphatic rings. The summed E-state index contributed by atoms with van der Waals surface area (Å²) in [5.41, 5.74) is 6.66. The minimum atomic E-state index is -3.61. The lowest BCUT2D eigenvalue weighted by molar-refractivity contribution is 0.217. The predicted molar refractivity (Wildman–Crippen MR) is 80.7 cm³/mol. The normalized spacial score (nSPS) is 11.8. The summed E-state index contributed by atoms with van der Waals surface area (Å²) < 4.78 is 25.5. The molecule has 1 aromatic rings. The Kier molecular flexibility index (Phi) is 6.50. The summed E-state index contributed by atoms with van der Waals surface area (Å²) in [5, 5.41) is 17.8. The van der Waals surface area contributed by atoms with Crippen molar-refractivity contribution in [3.8, 4) is 0 Å². The second-order valence-corrected chi connectivity index (χ2v) is 6.58. The Labute approximate surface area is 123 Å². The summed E-state index contributed by atoms with van der Waals surface area (Å²) in [6.45, 7) is -0.686. The molecule has 0 aliphatic carbocycles. The quantitative estimate of drug-likeness (QED) is 0.555. The molecule has 0 saturated carbocycles. The molecule has 1 aromatic carbocycles. The van der Waals surface area contributed by atoms with Crippen LogP contribution in [0.1, 0.15) is 11.1 Å². The van der Waals surface area contributed by atoms with Crippen LogP contribution in [0.25, 0.3) is 0 Å². The molecule has 0 unspecified atom stereocenters. The maximum absolute atomic E-state index is 12.2. The van der Waals surface area contributed by atoms with Crippen molar-refractivity contribution in [2.24, 2.45) is 5.73 Å². The summed E-state index contributed by atoms with van der Waals surface area (Å²) in [5.74, 6) is -0.233. The zero-order valence-electron chi connectivity index (χ0n) is 10.9. The monoisotopic (exact) mass is 318 g/mol. The van der Waals surface area contributed by atoms with E-state index in [1.165, 1.54) is 0 Å². The van der Waals surface area contributed by atoms with Crippen LogP contribution in [0.4, 0.5) is 0 Å². The molecule has 0 fully saturated rings. The maximum atomic E-state index is 12.2. The number of benzene rings is 1. The van der Waals surface area contributed by atoms with Gasteiger partial charge in [0.25, 0.3) is 0 Å². The Bertz CT molecular complexity index is 554. The van der Waals surface area contributed by atoms with Crippen molar-refractivity contribution >= 4 is 27.2 Å². The fourth-order valence-corrected chi connectivity index (χ4v) is 3.36. The van der Waals surface area contributed by atoms with Gasteiger partial charge in [-0.3, -0.25) is 0 Å². The van der Waals surface area contributed by atoms with Crippen LogP contribution in [0.5, 0.6) is 0 Å². The molecular formula is C12H18N2O4S2. The zero-order chi connectivity index (χ0) is 15.2. The van der Waals surface area contributed by atoms with Gasteiger partial charge in [-0.05, 0) is 11.6 Å². The van der Waals surface area contributed by atoms with Gasteiger partial charge < -0.3 is 15.9 Å². The smallest absolute Gasteiger partial charge is 0.218 e. The lowest BCUT2D eigenvalue weighted by atomic mass is 10.1. The van der Waals surface area contributed by atoms with E-state index in [0.29, 0.717) is 11.1 Å². The number of nitrogens with two attached hydrogens (primary N) is 1. The molecule has 0 bridgehead atoms. The number of hydrogen-bond donors (Lipinski definition) is 3. The molecule has 8 heteroatoms. The second-order valence-electron chi connectivity index (χ2n) is 4.17. The Morgan fingerprint density at radius 2 is 1.85 bits per heavy atom. The van der Waals surface area contributed by atoms with Crippen LogP contribution in [0.2, 0.25) is 0 Å². The van der Waals surface area contributed by atoms with Gasteiger partial charge in [-0.25, -0.2) is 8.42 Å². The fourth-order valence-electron chi connectivity index (χ4n) is 1.73. The lowest BCUT2D eigenvalue weighted by Gasteiger charge is -2.20. The van der Waals surface area contributed by atoms with Crippen molar-refractivity contribution in [3.63, 3.8) is 0 Å². The molecule has 0 radical (unpaired) electrons. The Hall–Kier alpha value is -1.06. The van der Waals surface area contributed by atoms with E-state index in [2.05, 4.69) is 0 Å². The molecule has 0 atom stereocenters. The van der Waals surface area contributed by atoms with E-state index >= 15 is 0 Å². The van der Waals surface area contributed by atoms with Crippen molar-refractivity contribution in [2.75, 3.05) is 26.3 Å². The van der Waals surface area contributed by atoms with Crippen LogP contribution >= 0.6 is 12.2 Å². The van der Waals surface area contributed by atoms with Gasteiger partial charge in [0.05, 0.1) is 19.0 Å². The lowest BCUT2D eigenvalue weighted by Crippen LogP contribution is -2.36. The Morgan fingerprint density at radius 3 is 2.35 bits per heavy atom. The topological polar surface area (TPSA) is 104 Å². The SMILES string of the molecule is NC(=S)c1cccc(CS(=O)(=O)N(CCO)CCO)c1. The second kappa shape index (κ2) is 7.65. The van der Waals surface area contributed by atoms with E-state index in [0.717, 1.165) is 4.31 Å². The van der Waals surface area contributed by atoms with Gasteiger partial charge in [0, 0.05) is 18.7 Å². The molecule has 0 aliphatic heterocycles. The summed E-state index contributed by atoms with van der Waals surface area (Å²) >= 11 is 4.85. The van der Waals surface area contributed by atoms with Crippen LogP contribution in [0, 0.1) is 0 Å². The Morgan fingerprint density at radius 1 is 1.25 bits per heavy atom. The van der Waals surface area contributed by atoms with Gasteiger partial charge in [-0.1, -0.05) is 30.4 Å². The maximum Gasteiger partial charge on any atom is 0.218 e. The number of aliphatic hydroxyl groups is 2. The van der Waals surface area contributed by atoms with E-state index in [1.54, 1.807) is 24.3 Å². The van der Waals surface area contributed by atoms with E-state index in [-0.39, 0.29) is 37.0 Å². The van der Waals surface area contributed by atoms with E-state index in [1.807, 2.05) is 0 Å². The molecule has 0 saturated heterocycles. The highest BCUT2D eigenvalue weighted by molar-refractivity contribution is 7.88. The third kappa shape index (κ3) is 4.80. The first-order valence-electron chi connectivity index (χ1n) is 5.99. The summed E-state index contributed by atoms with van der Waals surface area (Å²) in [7, 11) is -3.61. The van der Waals surface area contributed by atoms with Crippen LogP contribution in [0.3, 0.4) is 0 Å². The summed E-state index contributed by atoms with van der Waals surface area (Å²) in [6.07, 6.45) is 0. The highest BCUT2D eigenvalue weighted by Gasteiger charge is 2.21. The molecule has 0 amide bonds. The van der Waals surface area contributed by atoms with E-state index < -0.39 is 10.0 Å². The van der Waals surface area contributed by atoms with Crippen molar-refractivity contribution in [3.05, 3.63) is 35.4 Å². The van der Waals surface area contributed by atoms with Crippen LogP contribution < -0.4 is 5.73 Å². The minimum Gasteiger partial charge on any atom is -0.395 e. The van der Waals surface area contributed by atoms with Crippen LogP contribution in [0.15, 0.2) is 24.3 Å². The van der Waals surface area contributed by atoms with Crippen LogP contribution in [-0.4, -0.2) is 54.2 Å². The minimum absolute atomic E-state index is 0.0438. The molecule has 0 spiro atoms. The zero-order valence-corrected chi connectivity index (χ0v) is 12.5. The largest absolute Gasteiger partial charge is 0.395 e. The molecule has 0 aromatic heterocycles. The van der Waals surface area contributed by atoms with Crippen molar-refractivity contribution in [2.45, 2.75) is 5.75 Å². The van der Waals surface area contributed by atoms with Gasteiger partial charge in [-0.15, -0.1) is 0 Å². The van der Waals surface area contributed by atoms with E-state index in [4.69, 9.17) is 28.2 Å². The summed E-state index contributed by atoms with van der Waals surface area (Å²) in [6, 6.07) is 6.67. The Balaban J connectivity index is 2.94. The average molecular weight is 318 g/mol. The van der Waals surface area contributed by atoms with Gasteiger partial charge in [-0.2, -0.15) is 4.31 Å². The molecule has 1 rings (SSSR count). The average Bonchev–Trinajstić information content (AvgIpc) is 2.38. The van der Waals surface area contributed by atoms with Gasteiger partial charge in [0.2, 0.25) is 10.0 Å². The number of nitrogens with zero attached hydrogens (tertiary/aromatic N) is 1. The van der Waals surface area contributed by atoms with Gasteiger partial charge in [0.1, 0.15) is 4.99 Å². The number of sulfonamides is 1. The fraction of sp³-hybridized carbons (Fsp3) is 0.417. The number of rotatable bonds is 8. The first-order valence-corrected chi connectivity index (χ1v) is 8.00. The molecule has 20 heavy (non-hydrogen) atoms.